The van der Waals surface area contributed by atoms with Gasteiger partial charge in [0, 0.05) is 13.1 Å². The van der Waals surface area contributed by atoms with Crippen LogP contribution in [-0.4, -0.2) is 37.6 Å². The van der Waals surface area contributed by atoms with Crippen LogP contribution >= 0.6 is 0 Å². The van der Waals surface area contributed by atoms with Crippen LogP contribution in [0.5, 0.6) is 11.5 Å². The van der Waals surface area contributed by atoms with Crippen LogP contribution in [0, 0.1) is 11.7 Å². The number of nitrogens with zero attached hydrogens (tertiary/aromatic N) is 1. The summed E-state index contributed by atoms with van der Waals surface area (Å²) in [5.41, 5.74) is 0.959. The monoisotopic (exact) mass is 357 g/mol. The first-order valence-electron chi connectivity index (χ1n) is 8.93. The van der Waals surface area contributed by atoms with Crippen molar-refractivity contribution < 1.29 is 18.7 Å². The van der Waals surface area contributed by atoms with E-state index in [1.54, 1.807) is 25.3 Å². The van der Waals surface area contributed by atoms with Gasteiger partial charge in [0.2, 0.25) is 5.91 Å². The van der Waals surface area contributed by atoms with Gasteiger partial charge in [-0.15, -0.1) is 0 Å². The summed E-state index contributed by atoms with van der Waals surface area (Å²) in [6.45, 7) is 1.97. The molecule has 0 spiro atoms. The molecule has 1 aliphatic rings. The molecule has 1 amide bonds. The third-order valence-corrected chi connectivity index (χ3v) is 4.75. The van der Waals surface area contributed by atoms with Gasteiger partial charge in [-0.3, -0.25) is 4.79 Å². The Morgan fingerprint density at radius 2 is 2.08 bits per heavy atom. The van der Waals surface area contributed by atoms with Crippen molar-refractivity contribution in [3.05, 3.63) is 59.9 Å². The van der Waals surface area contributed by atoms with Crippen molar-refractivity contribution in [3.63, 3.8) is 0 Å². The molecule has 138 valence electrons. The Kier molecular flexibility index (Phi) is 6.10. The van der Waals surface area contributed by atoms with Gasteiger partial charge in [-0.2, -0.15) is 0 Å². The Hall–Kier alpha value is -2.56. The van der Waals surface area contributed by atoms with E-state index in [1.165, 1.54) is 6.07 Å². The van der Waals surface area contributed by atoms with Gasteiger partial charge in [-0.1, -0.05) is 24.3 Å². The largest absolute Gasteiger partial charge is 0.497 e. The predicted octanol–water partition coefficient (Wildman–Crippen LogP) is 3.69. The topological polar surface area (TPSA) is 38.8 Å². The quantitative estimate of drug-likeness (QED) is 0.759. The van der Waals surface area contributed by atoms with Gasteiger partial charge in [-0.25, -0.2) is 4.39 Å². The summed E-state index contributed by atoms with van der Waals surface area (Å²) in [6.07, 6.45) is 2.16. The average molecular weight is 357 g/mol. The number of benzene rings is 2. The van der Waals surface area contributed by atoms with Crippen molar-refractivity contribution in [2.75, 3.05) is 26.8 Å². The van der Waals surface area contributed by atoms with Crippen LogP contribution < -0.4 is 9.47 Å². The molecule has 1 heterocycles. The molecule has 1 aliphatic heterocycles. The van der Waals surface area contributed by atoms with Crippen molar-refractivity contribution in [2.24, 2.45) is 5.92 Å². The van der Waals surface area contributed by atoms with E-state index in [9.17, 15) is 9.18 Å². The average Bonchev–Trinajstić information content (AvgIpc) is 3.12. The van der Waals surface area contributed by atoms with Crippen LogP contribution in [0.3, 0.4) is 0 Å². The van der Waals surface area contributed by atoms with E-state index >= 15 is 0 Å². The molecule has 2 aromatic carbocycles. The van der Waals surface area contributed by atoms with Crippen molar-refractivity contribution in [2.45, 2.75) is 19.3 Å². The number of likely N-dealkylation sites (tertiary alicyclic amines) is 1. The van der Waals surface area contributed by atoms with Crippen LogP contribution in [0.25, 0.3) is 0 Å². The summed E-state index contributed by atoms with van der Waals surface area (Å²) >= 11 is 0. The standard InChI is InChI=1S/C21H24FNO3/c1-25-18-6-4-5-17(13-18)14-21(24)23-11-9-16(15-23)10-12-26-20-8-3-2-7-19(20)22/h2-8,13,16H,9-12,14-15H2,1H3. The zero-order chi connectivity index (χ0) is 18.4. The maximum Gasteiger partial charge on any atom is 0.227 e. The van der Waals surface area contributed by atoms with Crippen molar-refractivity contribution in [3.8, 4) is 11.5 Å². The minimum Gasteiger partial charge on any atom is -0.497 e. The van der Waals surface area contributed by atoms with Gasteiger partial charge in [-0.05, 0) is 48.6 Å². The smallest absolute Gasteiger partial charge is 0.227 e. The molecule has 1 unspecified atom stereocenters. The van der Waals surface area contributed by atoms with E-state index in [1.807, 2.05) is 29.2 Å². The summed E-state index contributed by atoms with van der Waals surface area (Å²) in [5.74, 6) is 1.25. The van der Waals surface area contributed by atoms with Crippen LogP contribution in [0.4, 0.5) is 4.39 Å². The van der Waals surface area contributed by atoms with E-state index in [4.69, 9.17) is 9.47 Å². The number of hydrogen-bond acceptors (Lipinski definition) is 3. The second kappa shape index (κ2) is 8.70. The van der Waals surface area contributed by atoms with E-state index < -0.39 is 0 Å². The lowest BCUT2D eigenvalue weighted by molar-refractivity contribution is -0.129. The SMILES string of the molecule is COc1cccc(CC(=O)N2CCC(CCOc3ccccc3F)C2)c1. The molecular weight excluding hydrogens is 333 g/mol. The predicted molar refractivity (Wildman–Crippen MR) is 97.9 cm³/mol. The van der Waals surface area contributed by atoms with Gasteiger partial charge in [0.25, 0.3) is 0 Å². The summed E-state index contributed by atoms with van der Waals surface area (Å²) in [5, 5.41) is 0. The van der Waals surface area contributed by atoms with E-state index in [0.29, 0.717) is 18.9 Å². The molecule has 3 rings (SSSR count). The number of halogens is 1. The second-order valence-electron chi connectivity index (χ2n) is 6.59. The van der Waals surface area contributed by atoms with Crippen LogP contribution in [0.15, 0.2) is 48.5 Å². The number of ether oxygens (including phenoxy) is 2. The molecule has 0 aromatic heterocycles. The summed E-state index contributed by atoms with van der Waals surface area (Å²) in [4.78, 5) is 14.4. The molecule has 2 aromatic rings. The Bertz CT molecular complexity index is 750. The fraction of sp³-hybridized carbons (Fsp3) is 0.381. The molecule has 4 nitrogen and oxygen atoms in total. The Labute approximate surface area is 153 Å². The second-order valence-corrected chi connectivity index (χ2v) is 6.59. The van der Waals surface area contributed by atoms with Gasteiger partial charge in [0.1, 0.15) is 5.75 Å². The maximum atomic E-state index is 13.5. The molecule has 5 heteroatoms. The maximum absolute atomic E-state index is 13.5. The van der Waals surface area contributed by atoms with Gasteiger partial charge < -0.3 is 14.4 Å². The molecule has 1 saturated heterocycles. The number of para-hydroxylation sites is 1. The highest BCUT2D eigenvalue weighted by Crippen LogP contribution is 2.22. The Morgan fingerprint density at radius 3 is 2.88 bits per heavy atom. The van der Waals surface area contributed by atoms with Crippen molar-refractivity contribution in [1.82, 2.24) is 4.90 Å². The van der Waals surface area contributed by atoms with Crippen molar-refractivity contribution in [1.29, 1.82) is 0 Å². The molecule has 0 aliphatic carbocycles. The van der Waals surface area contributed by atoms with Crippen LogP contribution in [-0.2, 0) is 11.2 Å². The lowest BCUT2D eigenvalue weighted by Crippen LogP contribution is -2.30. The minimum atomic E-state index is -0.339. The highest BCUT2D eigenvalue weighted by molar-refractivity contribution is 5.79. The molecule has 0 N–H and O–H groups in total. The van der Waals surface area contributed by atoms with E-state index in [2.05, 4.69) is 0 Å². The first-order valence-corrected chi connectivity index (χ1v) is 8.93. The number of methoxy groups -OCH3 is 1. The molecule has 0 saturated carbocycles. The first-order chi connectivity index (χ1) is 12.7. The first kappa shape index (κ1) is 18.2. The van der Waals surface area contributed by atoms with E-state index in [-0.39, 0.29) is 17.5 Å². The Morgan fingerprint density at radius 1 is 1.23 bits per heavy atom. The number of carbonyl (C=O) groups excluding carboxylic acids is 1. The summed E-state index contributed by atoms with van der Waals surface area (Å²) in [7, 11) is 1.62. The number of amides is 1. The fourth-order valence-corrected chi connectivity index (χ4v) is 3.26. The van der Waals surface area contributed by atoms with Crippen LogP contribution in [0.1, 0.15) is 18.4 Å². The molecule has 26 heavy (non-hydrogen) atoms. The summed E-state index contributed by atoms with van der Waals surface area (Å²) < 4.78 is 24.3. The van der Waals surface area contributed by atoms with Crippen molar-refractivity contribution >= 4 is 5.91 Å². The van der Waals surface area contributed by atoms with E-state index in [0.717, 1.165) is 37.2 Å². The molecular formula is C21H24FNO3. The number of rotatable bonds is 7. The third-order valence-electron chi connectivity index (χ3n) is 4.75. The number of carbonyl (C=O) groups is 1. The van der Waals surface area contributed by atoms with Crippen LogP contribution in [0.2, 0.25) is 0 Å². The summed E-state index contributed by atoms with van der Waals surface area (Å²) in [6, 6.07) is 14.0. The van der Waals surface area contributed by atoms with Gasteiger partial charge in [0.15, 0.2) is 11.6 Å². The Balaban J connectivity index is 1.44. The lowest BCUT2D eigenvalue weighted by atomic mass is 10.1. The van der Waals surface area contributed by atoms with Gasteiger partial charge in [0.05, 0.1) is 20.1 Å². The molecule has 1 atom stereocenters. The van der Waals surface area contributed by atoms with Gasteiger partial charge >= 0.3 is 0 Å². The molecule has 0 bridgehead atoms. The zero-order valence-electron chi connectivity index (χ0n) is 15.0. The number of hydrogen-bond donors (Lipinski definition) is 0. The fourth-order valence-electron chi connectivity index (χ4n) is 3.26. The zero-order valence-corrected chi connectivity index (χ0v) is 15.0. The lowest BCUT2D eigenvalue weighted by Gasteiger charge is -2.17. The highest BCUT2D eigenvalue weighted by atomic mass is 19.1. The molecule has 1 fully saturated rings. The highest BCUT2D eigenvalue weighted by Gasteiger charge is 2.26. The minimum absolute atomic E-state index is 0.135. The molecule has 0 radical (unpaired) electrons. The third kappa shape index (κ3) is 4.75. The normalized spacial score (nSPS) is 16.5.